The topological polar surface area (TPSA) is 97.2 Å². The van der Waals surface area contributed by atoms with Crippen molar-refractivity contribution in [3.63, 3.8) is 0 Å². The highest BCUT2D eigenvalue weighted by atomic mass is 19.4. The van der Waals surface area contributed by atoms with Crippen LogP contribution in [0, 0.1) is 0 Å². The van der Waals surface area contributed by atoms with Crippen molar-refractivity contribution in [2.75, 3.05) is 6.61 Å². The van der Waals surface area contributed by atoms with E-state index in [4.69, 9.17) is 15.5 Å². The van der Waals surface area contributed by atoms with Gasteiger partial charge in [0.25, 0.3) is 0 Å². The number of aryl methyl sites for hydroxylation is 1. The summed E-state index contributed by atoms with van der Waals surface area (Å²) < 4.78 is 47.3. The van der Waals surface area contributed by atoms with Crippen LogP contribution < -0.4 is 16.3 Å². The van der Waals surface area contributed by atoms with Gasteiger partial charge in [-0.2, -0.15) is 28.4 Å². The SMILES string of the molecule is CCOc1cccc(-n2nnn(C)c2=O)c1/C(ON)=C(/C)c1cccc(C(F)(F)F)c1. The van der Waals surface area contributed by atoms with E-state index in [-0.39, 0.29) is 29.2 Å². The minimum Gasteiger partial charge on any atom is -0.493 e. The van der Waals surface area contributed by atoms with E-state index < -0.39 is 17.4 Å². The first-order chi connectivity index (χ1) is 14.7. The van der Waals surface area contributed by atoms with Gasteiger partial charge < -0.3 is 9.57 Å². The molecule has 2 aromatic carbocycles. The fourth-order valence-electron chi connectivity index (χ4n) is 3.06. The fraction of sp³-hybridized carbons (Fsp3) is 0.250. The number of nitrogens with two attached hydrogens (primary N) is 1. The Morgan fingerprint density at radius 1 is 1.16 bits per heavy atom. The molecule has 0 saturated carbocycles. The first kappa shape index (κ1) is 22.1. The molecule has 2 N–H and O–H groups in total. The zero-order valence-electron chi connectivity index (χ0n) is 17.0. The lowest BCUT2D eigenvalue weighted by Gasteiger charge is -2.18. The third kappa shape index (κ3) is 4.31. The number of hydrogen-bond acceptors (Lipinski definition) is 6. The molecule has 0 atom stereocenters. The van der Waals surface area contributed by atoms with Crippen molar-refractivity contribution >= 4 is 11.3 Å². The Balaban J connectivity index is 2.30. The van der Waals surface area contributed by atoms with Crippen LogP contribution in [0.15, 0.2) is 47.3 Å². The second kappa shape index (κ2) is 8.64. The molecule has 0 bridgehead atoms. The fourth-order valence-corrected chi connectivity index (χ4v) is 3.06. The minimum atomic E-state index is -4.51. The maximum Gasteiger partial charge on any atom is 0.416 e. The van der Waals surface area contributed by atoms with Gasteiger partial charge in [-0.25, -0.2) is 4.79 Å². The summed E-state index contributed by atoms with van der Waals surface area (Å²) in [4.78, 5) is 17.6. The van der Waals surface area contributed by atoms with E-state index in [2.05, 4.69) is 10.4 Å². The van der Waals surface area contributed by atoms with Gasteiger partial charge in [-0.15, -0.1) is 0 Å². The van der Waals surface area contributed by atoms with Crippen molar-refractivity contribution in [2.45, 2.75) is 20.0 Å². The molecular weight excluding hydrogens is 415 g/mol. The predicted molar refractivity (Wildman–Crippen MR) is 107 cm³/mol. The maximum atomic E-state index is 13.2. The Hall–Kier alpha value is -3.60. The number of allylic oxidation sites excluding steroid dienone is 1. The Morgan fingerprint density at radius 2 is 1.87 bits per heavy atom. The summed E-state index contributed by atoms with van der Waals surface area (Å²) in [6.07, 6.45) is -4.51. The molecule has 0 aliphatic rings. The standard InChI is InChI=1S/C20H20F3N5O3/c1-4-30-16-10-6-9-15(28-19(29)27(3)25-26-28)17(16)18(31-24)12(2)13-7-5-8-14(11-13)20(21,22)23/h5-11H,4,24H2,1-3H3/b18-12+. The quantitative estimate of drug-likeness (QED) is 0.363. The largest absolute Gasteiger partial charge is 0.493 e. The first-order valence-electron chi connectivity index (χ1n) is 9.19. The van der Waals surface area contributed by atoms with Crippen LogP contribution in [0.4, 0.5) is 13.2 Å². The van der Waals surface area contributed by atoms with Crippen molar-refractivity contribution in [2.24, 2.45) is 12.9 Å². The van der Waals surface area contributed by atoms with E-state index in [1.54, 1.807) is 32.0 Å². The molecule has 164 valence electrons. The van der Waals surface area contributed by atoms with E-state index in [0.29, 0.717) is 11.3 Å². The van der Waals surface area contributed by atoms with Gasteiger partial charge in [-0.1, -0.05) is 18.2 Å². The lowest BCUT2D eigenvalue weighted by atomic mass is 9.99. The number of aromatic nitrogens is 4. The number of halogens is 3. The molecule has 11 heteroatoms. The molecule has 0 aliphatic carbocycles. The summed E-state index contributed by atoms with van der Waals surface area (Å²) in [7, 11) is 1.43. The highest BCUT2D eigenvalue weighted by Gasteiger charge is 2.31. The average molecular weight is 435 g/mol. The van der Waals surface area contributed by atoms with Crippen LogP contribution in [0.5, 0.6) is 5.75 Å². The van der Waals surface area contributed by atoms with Crippen molar-refractivity contribution in [3.8, 4) is 11.4 Å². The molecular formula is C20H20F3N5O3. The van der Waals surface area contributed by atoms with Gasteiger partial charge in [0.05, 0.1) is 23.4 Å². The number of benzene rings is 2. The zero-order valence-corrected chi connectivity index (χ0v) is 17.0. The Kier molecular flexibility index (Phi) is 6.16. The van der Waals surface area contributed by atoms with Crippen molar-refractivity contribution in [3.05, 3.63) is 69.6 Å². The van der Waals surface area contributed by atoms with Crippen LogP contribution in [0.2, 0.25) is 0 Å². The third-order valence-corrected chi connectivity index (χ3v) is 4.56. The molecule has 1 aromatic heterocycles. The molecule has 3 aromatic rings. The van der Waals surface area contributed by atoms with E-state index in [1.807, 2.05) is 0 Å². The minimum absolute atomic E-state index is 0.0240. The van der Waals surface area contributed by atoms with Crippen LogP contribution in [-0.2, 0) is 18.1 Å². The number of hydrogen-bond donors (Lipinski definition) is 1. The van der Waals surface area contributed by atoms with E-state index in [1.165, 1.54) is 19.2 Å². The highest BCUT2D eigenvalue weighted by molar-refractivity contribution is 5.91. The second-order valence-corrected chi connectivity index (χ2v) is 6.53. The summed E-state index contributed by atoms with van der Waals surface area (Å²) in [6.45, 7) is 3.60. The smallest absolute Gasteiger partial charge is 0.416 e. The van der Waals surface area contributed by atoms with Crippen molar-refractivity contribution in [1.29, 1.82) is 0 Å². The van der Waals surface area contributed by atoms with Crippen LogP contribution in [0.1, 0.15) is 30.5 Å². The lowest BCUT2D eigenvalue weighted by molar-refractivity contribution is -0.137. The van der Waals surface area contributed by atoms with E-state index in [9.17, 15) is 18.0 Å². The van der Waals surface area contributed by atoms with Gasteiger partial charge >= 0.3 is 11.9 Å². The predicted octanol–water partition coefficient (Wildman–Crippen LogP) is 3.16. The zero-order chi connectivity index (χ0) is 22.8. The Bertz CT molecular complexity index is 1180. The molecule has 0 saturated heterocycles. The first-order valence-corrected chi connectivity index (χ1v) is 9.19. The Labute approximate surface area is 175 Å². The molecule has 0 unspecified atom stereocenters. The van der Waals surface area contributed by atoms with Gasteiger partial charge in [-0.3, -0.25) is 0 Å². The summed E-state index contributed by atoms with van der Waals surface area (Å²) in [5, 5.41) is 7.54. The summed E-state index contributed by atoms with van der Waals surface area (Å²) in [5.41, 5.74) is -0.315. The average Bonchev–Trinajstić information content (AvgIpc) is 3.07. The maximum absolute atomic E-state index is 13.2. The van der Waals surface area contributed by atoms with Crippen molar-refractivity contribution in [1.82, 2.24) is 19.8 Å². The van der Waals surface area contributed by atoms with Gasteiger partial charge in [0.2, 0.25) is 0 Å². The molecule has 0 aliphatic heterocycles. The van der Waals surface area contributed by atoms with Gasteiger partial charge in [-0.05, 0) is 54.1 Å². The molecule has 3 rings (SSSR count). The van der Waals surface area contributed by atoms with E-state index >= 15 is 0 Å². The van der Waals surface area contributed by atoms with E-state index in [0.717, 1.165) is 21.5 Å². The number of ether oxygens (including phenoxy) is 1. The summed E-state index contributed by atoms with van der Waals surface area (Å²) in [5.74, 6) is 5.89. The molecule has 0 amide bonds. The molecule has 8 nitrogen and oxygen atoms in total. The van der Waals surface area contributed by atoms with Crippen LogP contribution in [0.25, 0.3) is 17.0 Å². The number of alkyl halides is 3. The van der Waals surface area contributed by atoms with Crippen LogP contribution in [-0.4, -0.2) is 26.4 Å². The monoisotopic (exact) mass is 435 g/mol. The third-order valence-electron chi connectivity index (χ3n) is 4.56. The van der Waals surface area contributed by atoms with Gasteiger partial charge in [0.15, 0.2) is 5.76 Å². The summed E-state index contributed by atoms with van der Waals surface area (Å²) in [6, 6.07) is 9.59. The molecule has 0 spiro atoms. The number of tetrazole rings is 1. The number of nitrogens with zero attached hydrogens (tertiary/aromatic N) is 4. The number of rotatable bonds is 6. The highest BCUT2D eigenvalue weighted by Crippen LogP contribution is 2.37. The lowest BCUT2D eigenvalue weighted by Crippen LogP contribution is -2.23. The molecule has 31 heavy (non-hydrogen) atoms. The molecule has 0 radical (unpaired) electrons. The molecule has 0 fully saturated rings. The van der Waals surface area contributed by atoms with Crippen LogP contribution >= 0.6 is 0 Å². The van der Waals surface area contributed by atoms with Gasteiger partial charge in [0, 0.05) is 12.6 Å². The summed E-state index contributed by atoms with van der Waals surface area (Å²) >= 11 is 0. The second-order valence-electron chi connectivity index (χ2n) is 6.53. The van der Waals surface area contributed by atoms with Crippen molar-refractivity contribution < 1.29 is 22.7 Å². The van der Waals surface area contributed by atoms with Crippen LogP contribution in [0.3, 0.4) is 0 Å². The molecule has 1 heterocycles. The van der Waals surface area contributed by atoms with Gasteiger partial charge in [0.1, 0.15) is 5.75 Å². The Morgan fingerprint density at radius 3 is 2.45 bits per heavy atom. The normalized spacial score (nSPS) is 12.5.